The maximum Gasteiger partial charge on any atom is 0.271 e. The Morgan fingerprint density at radius 3 is 2.75 bits per heavy atom. The molecule has 0 aliphatic heterocycles. The fourth-order valence-corrected chi connectivity index (χ4v) is 3.73. The molecule has 104 valence electrons. The van der Waals surface area contributed by atoms with E-state index in [2.05, 4.69) is 16.6 Å². The monoisotopic (exact) mass is 307 g/mol. The molecule has 1 aromatic heterocycles. The van der Waals surface area contributed by atoms with Crippen LogP contribution in [0.25, 0.3) is 0 Å². The highest BCUT2D eigenvalue weighted by molar-refractivity contribution is 7.94. The van der Waals surface area contributed by atoms with Crippen molar-refractivity contribution in [1.29, 1.82) is 0 Å². The molecule has 0 radical (unpaired) electrons. The number of rotatable bonds is 3. The van der Waals surface area contributed by atoms with E-state index in [0.29, 0.717) is 5.69 Å². The third kappa shape index (κ3) is 3.39. The standard InChI is InChI=1S/C14H13NO3S2/c1-11-10-12(4-2-8-16)6-7-13(11)15-20(17,18)14-5-3-9-19-14/h3,5-7,9-10,15-16H,8H2,1H3. The summed E-state index contributed by atoms with van der Waals surface area (Å²) >= 11 is 1.17. The van der Waals surface area contributed by atoms with Crippen molar-refractivity contribution in [3.05, 3.63) is 46.8 Å². The summed E-state index contributed by atoms with van der Waals surface area (Å²) in [5.41, 5.74) is 2.03. The van der Waals surface area contributed by atoms with Crippen molar-refractivity contribution in [2.75, 3.05) is 11.3 Å². The summed E-state index contributed by atoms with van der Waals surface area (Å²) in [6.07, 6.45) is 0. The highest BCUT2D eigenvalue weighted by atomic mass is 32.2. The average molecular weight is 307 g/mol. The van der Waals surface area contributed by atoms with Crippen LogP contribution >= 0.6 is 11.3 Å². The summed E-state index contributed by atoms with van der Waals surface area (Å²) in [5, 5.41) is 10.4. The molecular weight excluding hydrogens is 294 g/mol. The van der Waals surface area contributed by atoms with Crippen LogP contribution in [-0.4, -0.2) is 20.1 Å². The predicted octanol–water partition coefficient (Wildman–Crippen LogP) is 2.20. The van der Waals surface area contributed by atoms with Crippen LogP contribution in [-0.2, 0) is 10.0 Å². The highest BCUT2D eigenvalue weighted by Gasteiger charge is 2.15. The van der Waals surface area contributed by atoms with Crippen molar-refractivity contribution in [3.63, 3.8) is 0 Å². The smallest absolute Gasteiger partial charge is 0.271 e. The summed E-state index contributed by atoms with van der Waals surface area (Å²) in [5.74, 6) is 5.33. The summed E-state index contributed by atoms with van der Waals surface area (Å²) < 4.78 is 27.1. The Balaban J connectivity index is 2.27. The zero-order chi connectivity index (χ0) is 14.6. The number of hydrogen-bond donors (Lipinski definition) is 2. The molecule has 4 nitrogen and oxygen atoms in total. The molecule has 0 unspecified atom stereocenters. The van der Waals surface area contributed by atoms with E-state index in [4.69, 9.17) is 5.11 Å². The Labute approximate surface area is 122 Å². The molecule has 0 amide bonds. The van der Waals surface area contributed by atoms with Gasteiger partial charge in [-0.1, -0.05) is 17.9 Å². The molecule has 0 aliphatic rings. The maximum atomic E-state index is 12.1. The van der Waals surface area contributed by atoms with Gasteiger partial charge in [0.1, 0.15) is 10.8 Å². The van der Waals surface area contributed by atoms with Gasteiger partial charge in [0.05, 0.1) is 5.69 Å². The molecule has 0 saturated carbocycles. The molecule has 20 heavy (non-hydrogen) atoms. The normalized spacial score (nSPS) is 10.7. The zero-order valence-electron chi connectivity index (χ0n) is 10.8. The van der Waals surface area contributed by atoms with E-state index in [1.807, 2.05) is 0 Å². The molecule has 0 spiro atoms. The Morgan fingerprint density at radius 1 is 1.35 bits per heavy atom. The lowest BCUT2D eigenvalue weighted by molar-refractivity contribution is 0.350. The van der Waals surface area contributed by atoms with Gasteiger partial charge in [0, 0.05) is 5.56 Å². The molecular formula is C14H13NO3S2. The van der Waals surface area contributed by atoms with E-state index >= 15 is 0 Å². The fraction of sp³-hybridized carbons (Fsp3) is 0.143. The number of nitrogens with one attached hydrogen (secondary N) is 1. The Morgan fingerprint density at radius 2 is 2.15 bits per heavy atom. The fourth-order valence-electron chi connectivity index (χ4n) is 1.61. The number of thiophene rings is 1. The summed E-state index contributed by atoms with van der Waals surface area (Å²) in [7, 11) is -3.53. The number of anilines is 1. The molecule has 1 aromatic carbocycles. The number of aliphatic hydroxyl groups is 1. The van der Waals surface area contributed by atoms with Gasteiger partial charge in [0.2, 0.25) is 0 Å². The summed E-state index contributed by atoms with van der Waals surface area (Å²) in [4.78, 5) is 0. The quantitative estimate of drug-likeness (QED) is 0.854. The van der Waals surface area contributed by atoms with Crippen molar-refractivity contribution in [2.24, 2.45) is 0 Å². The topological polar surface area (TPSA) is 66.4 Å². The van der Waals surface area contributed by atoms with E-state index in [1.54, 1.807) is 42.6 Å². The second kappa shape index (κ2) is 6.09. The van der Waals surface area contributed by atoms with Gasteiger partial charge in [0.15, 0.2) is 0 Å². The molecule has 1 heterocycles. The first kappa shape index (κ1) is 14.6. The first-order valence-corrected chi connectivity index (χ1v) is 8.16. The molecule has 6 heteroatoms. The Hall–Kier alpha value is -1.81. The largest absolute Gasteiger partial charge is 0.384 e. The number of sulfonamides is 1. The van der Waals surface area contributed by atoms with Crippen molar-refractivity contribution < 1.29 is 13.5 Å². The number of aryl methyl sites for hydroxylation is 1. The molecule has 0 aliphatic carbocycles. The van der Waals surface area contributed by atoms with Crippen LogP contribution in [0.1, 0.15) is 11.1 Å². The highest BCUT2D eigenvalue weighted by Crippen LogP contribution is 2.23. The van der Waals surface area contributed by atoms with Crippen molar-refractivity contribution in [3.8, 4) is 11.8 Å². The number of benzene rings is 1. The lowest BCUT2D eigenvalue weighted by Crippen LogP contribution is -2.12. The summed E-state index contributed by atoms with van der Waals surface area (Å²) in [6, 6.07) is 8.40. The van der Waals surface area contributed by atoms with Crippen LogP contribution in [0, 0.1) is 18.8 Å². The predicted molar refractivity (Wildman–Crippen MR) is 80.3 cm³/mol. The van der Waals surface area contributed by atoms with Crippen molar-refractivity contribution in [2.45, 2.75) is 11.1 Å². The summed E-state index contributed by atoms with van der Waals surface area (Å²) in [6.45, 7) is 1.60. The first-order chi connectivity index (χ1) is 9.53. The SMILES string of the molecule is Cc1cc(C#CCO)ccc1NS(=O)(=O)c1cccs1. The number of aliphatic hydroxyl groups excluding tert-OH is 1. The average Bonchev–Trinajstić information content (AvgIpc) is 2.94. The maximum absolute atomic E-state index is 12.1. The van der Waals surface area contributed by atoms with E-state index in [-0.39, 0.29) is 10.8 Å². The second-order valence-corrected chi connectivity index (χ2v) is 6.88. The minimum atomic E-state index is -3.53. The lowest BCUT2D eigenvalue weighted by atomic mass is 10.1. The van der Waals surface area contributed by atoms with E-state index < -0.39 is 10.0 Å². The van der Waals surface area contributed by atoms with Crippen LogP contribution in [0.4, 0.5) is 5.69 Å². The molecule has 0 fully saturated rings. The van der Waals surface area contributed by atoms with Crippen LogP contribution in [0.5, 0.6) is 0 Å². The first-order valence-electron chi connectivity index (χ1n) is 5.79. The van der Waals surface area contributed by atoms with Crippen LogP contribution < -0.4 is 4.72 Å². The lowest BCUT2D eigenvalue weighted by Gasteiger charge is -2.09. The third-order valence-electron chi connectivity index (χ3n) is 2.54. The van der Waals surface area contributed by atoms with Gasteiger partial charge in [-0.05, 0) is 42.1 Å². The van der Waals surface area contributed by atoms with E-state index in [0.717, 1.165) is 11.1 Å². The van der Waals surface area contributed by atoms with Gasteiger partial charge in [-0.25, -0.2) is 8.42 Å². The molecule has 0 bridgehead atoms. The zero-order valence-corrected chi connectivity index (χ0v) is 12.4. The molecule has 2 rings (SSSR count). The minimum Gasteiger partial charge on any atom is -0.384 e. The third-order valence-corrected chi connectivity index (χ3v) is 5.31. The molecule has 0 atom stereocenters. The number of hydrogen-bond acceptors (Lipinski definition) is 4. The molecule has 0 saturated heterocycles. The van der Waals surface area contributed by atoms with Crippen LogP contribution in [0.2, 0.25) is 0 Å². The van der Waals surface area contributed by atoms with Gasteiger partial charge in [-0.2, -0.15) is 0 Å². The second-order valence-electron chi connectivity index (χ2n) is 4.03. The Kier molecular flexibility index (Phi) is 4.45. The van der Waals surface area contributed by atoms with Gasteiger partial charge in [0.25, 0.3) is 10.0 Å². The minimum absolute atomic E-state index is 0.203. The van der Waals surface area contributed by atoms with E-state index in [9.17, 15) is 8.42 Å². The van der Waals surface area contributed by atoms with Crippen molar-refractivity contribution in [1.82, 2.24) is 0 Å². The van der Waals surface area contributed by atoms with Gasteiger partial charge >= 0.3 is 0 Å². The van der Waals surface area contributed by atoms with Crippen LogP contribution in [0.15, 0.2) is 39.9 Å². The van der Waals surface area contributed by atoms with Crippen molar-refractivity contribution >= 4 is 27.0 Å². The van der Waals surface area contributed by atoms with Crippen LogP contribution in [0.3, 0.4) is 0 Å². The van der Waals surface area contributed by atoms with Gasteiger partial charge in [-0.3, -0.25) is 4.72 Å². The van der Waals surface area contributed by atoms with E-state index in [1.165, 1.54) is 11.3 Å². The molecule has 2 N–H and O–H groups in total. The van der Waals surface area contributed by atoms with Gasteiger partial charge < -0.3 is 5.11 Å². The molecule has 2 aromatic rings. The Bertz CT molecular complexity index is 753. The van der Waals surface area contributed by atoms with Gasteiger partial charge in [-0.15, -0.1) is 11.3 Å².